The Hall–Kier alpha value is -2.85. The Morgan fingerprint density at radius 1 is 1.00 bits per heavy atom. The van der Waals surface area contributed by atoms with Gasteiger partial charge in [-0.2, -0.15) is 0 Å². The smallest absolute Gasteiger partial charge is 0.229 e. The van der Waals surface area contributed by atoms with Crippen LogP contribution in [0.1, 0.15) is 39.6 Å². The first-order chi connectivity index (χ1) is 19.5. The highest BCUT2D eigenvalue weighted by Gasteiger charge is 2.50. The maximum Gasteiger partial charge on any atom is 0.229 e. The summed E-state index contributed by atoms with van der Waals surface area (Å²) < 4.78 is 28.4. The molecule has 9 atom stereocenters. The van der Waals surface area contributed by atoms with Crippen molar-refractivity contribution in [1.82, 2.24) is 0 Å². The predicted octanol–water partition coefficient (Wildman–Crippen LogP) is -0.641. The van der Waals surface area contributed by atoms with Gasteiger partial charge in [0.25, 0.3) is 0 Å². The Morgan fingerprint density at radius 2 is 1.71 bits per heavy atom. The quantitative estimate of drug-likeness (QED) is 0.219. The third-order valence-corrected chi connectivity index (χ3v) is 7.83. The molecule has 0 unspecified atom stereocenters. The van der Waals surface area contributed by atoms with Crippen molar-refractivity contribution in [3.63, 3.8) is 0 Å². The summed E-state index contributed by atoms with van der Waals surface area (Å²) in [4.78, 5) is 13.1. The zero-order chi connectivity index (χ0) is 29.6. The van der Waals surface area contributed by atoms with E-state index < -0.39 is 74.6 Å². The van der Waals surface area contributed by atoms with Crippen molar-refractivity contribution in [2.24, 2.45) is 0 Å². The average molecular weight is 579 g/mol. The summed E-state index contributed by atoms with van der Waals surface area (Å²) in [6, 6.07) is 9.13. The third kappa shape index (κ3) is 5.29. The van der Waals surface area contributed by atoms with Gasteiger partial charge in [0.1, 0.15) is 65.0 Å². The SMILES string of the molecule is Cc1c(O)c2c(c(C)c1O[C@@H]1O[C@H](CO[C@@H]3OC[C@](O)(CO)[C@H]3O)[C@@H](O)[C@H](O)[C@H]1O)O[C@H](c1ccccc1)CC2=O. The number of aliphatic hydroxyl groups is 6. The van der Waals surface area contributed by atoms with E-state index in [-0.39, 0.29) is 40.6 Å². The molecule has 0 amide bonds. The Kier molecular flexibility index (Phi) is 8.27. The van der Waals surface area contributed by atoms with Crippen LogP contribution in [-0.4, -0.2) is 110 Å². The summed E-state index contributed by atoms with van der Waals surface area (Å²) in [5.41, 5.74) is -0.618. The molecule has 0 aliphatic carbocycles. The normalized spacial score (nSPS) is 35.2. The number of benzene rings is 2. The fourth-order valence-electron chi connectivity index (χ4n) is 5.26. The van der Waals surface area contributed by atoms with Gasteiger partial charge in [0, 0.05) is 11.1 Å². The molecule has 3 aliphatic heterocycles. The van der Waals surface area contributed by atoms with Crippen LogP contribution in [0.15, 0.2) is 30.3 Å². The molecule has 0 aromatic heterocycles. The minimum atomic E-state index is -1.93. The molecule has 2 fully saturated rings. The molecule has 7 N–H and O–H groups in total. The van der Waals surface area contributed by atoms with Gasteiger partial charge in [-0.1, -0.05) is 30.3 Å². The molecule has 224 valence electrons. The van der Waals surface area contributed by atoms with Gasteiger partial charge in [-0.25, -0.2) is 0 Å². The van der Waals surface area contributed by atoms with E-state index in [1.54, 1.807) is 6.92 Å². The molecular formula is C28H34O13. The highest BCUT2D eigenvalue weighted by Crippen LogP contribution is 2.48. The molecule has 0 bridgehead atoms. The lowest BCUT2D eigenvalue weighted by atomic mass is 9.91. The van der Waals surface area contributed by atoms with Crippen LogP contribution in [0.4, 0.5) is 0 Å². The summed E-state index contributed by atoms with van der Waals surface area (Å²) in [5, 5.41) is 72.3. The first-order valence-corrected chi connectivity index (χ1v) is 13.2. The summed E-state index contributed by atoms with van der Waals surface area (Å²) in [5.74, 6) is -0.517. The first kappa shape index (κ1) is 29.6. The summed E-state index contributed by atoms with van der Waals surface area (Å²) >= 11 is 0. The molecule has 0 saturated carbocycles. The Labute approximate surface area is 235 Å². The van der Waals surface area contributed by atoms with Crippen molar-refractivity contribution in [3.8, 4) is 17.2 Å². The van der Waals surface area contributed by atoms with E-state index in [1.807, 2.05) is 30.3 Å². The second-order valence-corrected chi connectivity index (χ2v) is 10.6. The van der Waals surface area contributed by atoms with Crippen LogP contribution in [-0.2, 0) is 14.2 Å². The highest BCUT2D eigenvalue weighted by atomic mass is 16.7. The number of carbonyl (C=O) groups is 1. The van der Waals surface area contributed by atoms with Crippen molar-refractivity contribution in [2.75, 3.05) is 19.8 Å². The van der Waals surface area contributed by atoms with Crippen LogP contribution in [0.25, 0.3) is 0 Å². The van der Waals surface area contributed by atoms with Crippen molar-refractivity contribution in [2.45, 2.75) is 75.1 Å². The maximum atomic E-state index is 13.1. The number of aromatic hydroxyl groups is 1. The maximum absolute atomic E-state index is 13.1. The number of rotatable bonds is 7. The fourth-order valence-corrected chi connectivity index (χ4v) is 5.26. The molecule has 3 aliphatic rings. The van der Waals surface area contributed by atoms with Gasteiger partial charge in [0.05, 0.1) is 26.2 Å². The average Bonchev–Trinajstić information content (AvgIpc) is 3.26. The topological polar surface area (TPSA) is 205 Å². The number of phenols is 1. The zero-order valence-electron chi connectivity index (χ0n) is 22.4. The number of phenolic OH excluding ortho intramolecular Hbond substituents is 1. The number of ketones is 1. The minimum absolute atomic E-state index is 0.0179. The van der Waals surface area contributed by atoms with Gasteiger partial charge in [-0.15, -0.1) is 0 Å². The summed E-state index contributed by atoms with van der Waals surface area (Å²) in [7, 11) is 0. The Bertz CT molecular complexity index is 1270. The van der Waals surface area contributed by atoms with Crippen LogP contribution in [0.2, 0.25) is 0 Å². The summed E-state index contributed by atoms with van der Waals surface area (Å²) in [6.07, 6.45) is -11.5. The van der Waals surface area contributed by atoms with Gasteiger partial charge < -0.3 is 59.4 Å². The van der Waals surface area contributed by atoms with Crippen LogP contribution in [0.5, 0.6) is 17.2 Å². The second-order valence-electron chi connectivity index (χ2n) is 10.6. The number of carbonyl (C=O) groups excluding carboxylic acids is 1. The number of ether oxygens (including phenoxy) is 5. The van der Waals surface area contributed by atoms with Gasteiger partial charge >= 0.3 is 0 Å². The molecule has 13 heteroatoms. The fraction of sp³-hybridized carbons (Fsp3) is 0.536. The summed E-state index contributed by atoms with van der Waals surface area (Å²) in [6.45, 7) is 1.50. The lowest BCUT2D eigenvalue weighted by Crippen LogP contribution is -2.60. The van der Waals surface area contributed by atoms with E-state index in [0.717, 1.165) is 5.56 Å². The molecule has 3 heterocycles. The molecule has 0 radical (unpaired) electrons. The van der Waals surface area contributed by atoms with E-state index in [9.17, 15) is 40.5 Å². The molecule has 2 aromatic rings. The molecule has 5 rings (SSSR count). The van der Waals surface area contributed by atoms with Crippen LogP contribution in [0, 0.1) is 13.8 Å². The van der Waals surface area contributed by atoms with E-state index in [2.05, 4.69) is 0 Å². The molecule has 41 heavy (non-hydrogen) atoms. The van der Waals surface area contributed by atoms with Gasteiger partial charge in [0.15, 0.2) is 12.1 Å². The molecule has 13 nitrogen and oxygen atoms in total. The van der Waals surface area contributed by atoms with E-state index in [1.165, 1.54) is 6.92 Å². The lowest BCUT2D eigenvalue weighted by molar-refractivity contribution is -0.289. The monoisotopic (exact) mass is 578 g/mol. The highest BCUT2D eigenvalue weighted by molar-refractivity contribution is 6.03. The standard InChI is InChI=1S/C28H34O13/c1-12-19(31)18-15(30)8-16(14-6-4-3-5-7-14)39-24(18)13(2)23(12)41-26-22(34)21(33)20(32)17(40-26)9-37-27-25(35)28(36,10-29)11-38-27/h3-7,16-17,20-22,25-27,29,31-36H,8-11H2,1-2H3/t16-,17+,20+,21-,22+,25-,26-,27+,28+/m0/s1. The predicted molar refractivity (Wildman–Crippen MR) is 137 cm³/mol. The molecular weight excluding hydrogens is 544 g/mol. The van der Waals surface area contributed by atoms with E-state index >= 15 is 0 Å². The zero-order valence-corrected chi connectivity index (χ0v) is 22.4. The number of aliphatic hydroxyl groups excluding tert-OH is 5. The number of Topliss-reactive ketones (excluding diaryl/α,β-unsaturated/α-hetero) is 1. The molecule has 2 aromatic carbocycles. The van der Waals surface area contributed by atoms with Crippen LogP contribution in [0.3, 0.4) is 0 Å². The van der Waals surface area contributed by atoms with Crippen molar-refractivity contribution in [1.29, 1.82) is 0 Å². The van der Waals surface area contributed by atoms with Crippen molar-refractivity contribution >= 4 is 5.78 Å². The molecule has 0 spiro atoms. The van der Waals surface area contributed by atoms with Gasteiger partial charge in [-0.05, 0) is 19.4 Å². The van der Waals surface area contributed by atoms with E-state index in [4.69, 9.17) is 23.7 Å². The van der Waals surface area contributed by atoms with Crippen molar-refractivity contribution in [3.05, 3.63) is 52.6 Å². The van der Waals surface area contributed by atoms with E-state index in [0.29, 0.717) is 5.56 Å². The van der Waals surface area contributed by atoms with Crippen molar-refractivity contribution < 1.29 is 64.2 Å². The van der Waals surface area contributed by atoms with Crippen LogP contribution < -0.4 is 9.47 Å². The number of hydrogen-bond acceptors (Lipinski definition) is 13. The first-order valence-electron chi connectivity index (χ1n) is 13.2. The van der Waals surface area contributed by atoms with Gasteiger partial charge in [-0.3, -0.25) is 4.79 Å². The van der Waals surface area contributed by atoms with Gasteiger partial charge in [0.2, 0.25) is 6.29 Å². The largest absolute Gasteiger partial charge is 0.507 e. The molecule has 2 saturated heterocycles. The Morgan fingerprint density at radius 3 is 2.37 bits per heavy atom. The number of fused-ring (bicyclic) bond motifs is 1. The lowest BCUT2D eigenvalue weighted by Gasteiger charge is -2.41. The number of hydrogen-bond donors (Lipinski definition) is 7. The van der Waals surface area contributed by atoms with Crippen LogP contribution >= 0.6 is 0 Å². The second kappa shape index (κ2) is 11.4. The minimum Gasteiger partial charge on any atom is -0.507 e. The third-order valence-electron chi connectivity index (χ3n) is 7.83. The Balaban J connectivity index is 1.37.